The van der Waals surface area contributed by atoms with Crippen molar-refractivity contribution in [3.8, 4) is 0 Å². The largest absolute Gasteiger partial charge is 0.481 e. The average Bonchev–Trinajstić information content (AvgIpc) is 2.50. The molecule has 0 aromatic carbocycles. The maximum atomic E-state index is 10.3. The van der Waals surface area contributed by atoms with Gasteiger partial charge < -0.3 is 5.11 Å². The summed E-state index contributed by atoms with van der Waals surface area (Å²) in [6, 6.07) is 0. The van der Waals surface area contributed by atoms with E-state index >= 15 is 0 Å². The molecule has 0 heterocycles. The zero-order valence-corrected chi connectivity index (χ0v) is 14.6. The van der Waals surface area contributed by atoms with Crippen molar-refractivity contribution in [2.75, 3.05) is 0 Å². The third-order valence-electron chi connectivity index (χ3n) is 3.87. The first kappa shape index (κ1) is 20.9. The number of unbranched alkanes of at least 4 members (excludes halogenated alkanes) is 11. The van der Waals surface area contributed by atoms with Crippen LogP contribution in [0.5, 0.6) is 0 Å². The molecule has 0 rings (SSSR count). The van der Waals surface area contributed by atoms with Gasteiger partial charge in [0.25, 0.3) is 0 Å². The number of carboxylic acid groups (broad SMARTS) is 1. The van der Waals surface area contributed by atoms with Crippen LogP contribution in [0.1, 0.15) is 96.8 Å². The van der Waals surface area contributed by atoms with Crippen molar-refractivity contribution in [2.24, 2.45) is 0 Å². The first-order valence-corrected chi connectivity index (χ1v) is 9.30. The van der Waals surface area contributed by atoms with Gasteiger partial charge in [-0.3, -0.25) is 4.79 Å². The Labute approximate surface area is 137 Å². The van der Waals surface area contributed by atoms with E-state index < -0.39 is 5.97 Å². The molecule has 2 nitrogen and oxygen atoms in total. The van der Waals surface area contributed by atoms with E-state index in [1.54, 1.807) is 0 Å². The molecule has 0 bridgehead atoms. The third kappa shape index (κ3) is 18.9. The molecule has 0 fully saturated rings. The van der Waals surface area contributed by atoms with Crippen LogP contribution in [0.4, 0.5) is 0 Å². The SMILES string of the molecule is CCCCCC/C=C\C=CCCCCCCCCCC(=O)O. The number of allylic oxidation sites excluding steroid dienone is 4. The standard InChI is InChI=1S/C20H36O2/c1-2-3-4-5-6-7-8-9-10-11-12-13-14-15-16-17-18-19-20(21)22/h7-10H,2-6,11-19H2,1H3,(H,21,22)/b8-7-,10-9?. The second kappa shape index (κ2) is 18.0. The van der Waals surface area contributed by atoms with Crippen LogP contribution in [0, 0.1) is 0 Å². The van der Waals surface area contributed by atoms with E-state index in [1.807, 2.05) is 0 Å². The minimum Gasteiger partial charge on any atom is -0.481 e. The number of carboxylic acids is 1. The van der Waals surface area contributed by atoms with Crippen LogP contribution < -0.4 is 0 Å². The molecule has 0 aliphatic rings. The van der Waals surface area contributed by atoms with Gasteiger partial charge in [0.15, 0.2) is 0 Å². The molecule has 2 heteroatoms. The summed E-state index contributed by atoms with van der Waals surface area (Å²) in [7, 11) is 0. The van der Waals surface area contributed by atoms with Crippen molar-refractivity contribution in [1.82, 2.24) is 0 Å². The highest BCUT2D eigenvalue weighted by Gasteiger charge is 1.96. The van der Waals surface area contributed by atoms with Gasteiger partial charge in [0.05, 0.1) is 0 Å². The zero-order valence-electron chi connectivity index (χ0n) is 14.6. The molecule has 22 heavy (non-hydrogen) atoms. The monoisotopic (exact) mass is 308 g/mol. The molecule has 0 aliphatic carbocycles. The maximum Gasteiger partial charge on any atom is 0.303 e. The molecule has 0 aliphatic heterocycles. The molecule has 0 aromatic rings. The average molecular weight is 309 g/mol. The van der Waals surface area contributed by atoms with Gasteiger partial charge in [-0.25, -0.2) is 0 Å². The molecule has 0 amide bonds. The van der Waals surface area contributed by atoms with Gasteiger partial charge in [0.1, 0.15) is 0 Å². The molecule has 1 N–H and O–H groups in total. The van der Waals surface area contributed by atoms with Crippen LogP contribution >= 0.6 is 0 Å². The highest BCUT2D eigenvalue weighted by Crippen LogP contribution is 2.10. The van der Waals surface area contributed by atoms with E-state index in [-0.39, 0.29) is 0 Å². The van der Waals surface area contributed by atoms with Gasteiger partial charge in [-0.2, -0.15) is 0 Å². The number of rotatable bonds is 16. The zero-order chi connectivity index (χ0) is 16.3. The number of aliphatic carboxylic acids is 1. The summed E-state index contributed by atoms with van der Waals surface area (Å²) in [5.74, 6) is -0.665. The molecular weight excluding hydrogens is 272 g/mol. The van der Waals surface area contributed by atoms with E-state index in [1.165, 1.54) is 70.6 Å². The number of hydrogen-bond acceptors (Lipinski definition) is 1. The molecule has 0 saturated carbocycles. The van der Waals surface area contributed by atoms with Gasteiger partial charge >= 0.3 is 5.97 Å². The Balaban J connectivity index is 3.17. The van der Waals surface area contributed by atoms with Crippen LogP contribution in [-0.4, -0.2) is 11.1 Å². The van der Waals surface area contributed by atoms with Crippen molar-refractivity contribution in [3.05, 3.63) is 24.3 Å². The van der Waals surface area contributed by atoms with E-state index in [2.05, 4.69) is 31.2 Å². The lowest BCUT2D eigenvalue weighted by atomic mass is 10.1. The highest BCUT2D eigenvalue weighted by molar-refractivity contribution is 5.66. The first-order valence-electron chi connectivity index (χ1n) is 9.30. The summed E-state index contributed by atoms with van der Waals surface area (Å²) in [4.78, 5) is 10.3. The van der Waals surface area contributed by atoms with Gasteiger partial charge in [0, 0.05) is 6.42 Å². The molecule has 0 saturated heterocycles. The summed E-state index contributed by atoms with van der Waals surface area (Å²) in [6.45, 7) is 2.25. The Morgan fingerprint density at radius 2 is 1.18 bits per heavy atom. The molecule has 0 aromatic heterocycles. The molecule has 0 atom stereocenters. The number of carbonyl (C=O) groups is 1. The molecule has 0 unspecified atom stereocenters. The smallest absolute Gasteiger partial charge is 0.303 e. The van der Waals surface area contributed by atoms with E-state index in [0.717, 1.165) is 12.8 Å². The Hall–Kier alpha value is -1.05. The van der Waals surface area contributed by atoms with Crippen molar-refractivity contribution >= 4 is 5.97 Å². The Morgan fingerprint density at radius 3 is 1.68 bits per heavy atom. The highest BCUT2D eigenvalue weighted by atomic mass is 16.4. The number of hydrogen-bond donors (Lipinski definition) is 1. The van der Waals surface area contributed by atoms with Gasteiger partial charge in [-0.1, -0.05) is 82.6 Å². The van der Waals surface area contributed by atoms with Crippen molar-refractivity contribution < 1.29 is 9.90 Å². The minimum absolute atomic E-state index is 0.330. The van der Waals surface area contributed by atoms with E-state index in [4.69, 9.17) is 5.11 Å². The van der Waals surface area contributed by atoms with Crippen molar-refractivity contribution in [1.29, 1.82) is 0 Å². The normalized spacial score (nSPS) is 11.7. The van der Waals surface area contributed by atoms with Crippen LogP contribution in [-0.2, 0) is 4.79 Å². The third-order valence-corrected chi connectivity index (χ3v) is 3.87. The predicted octanol–water partition coefficient (Wildman–Crippen LogP) is 6.66. The fourth-order valence-electron chi connectivity index (χ4n) is 2.46. The summed E-state index contributed by atoms with van der Waals surface area (Å²) in [5, 5.41) is 8.53. The lowest BCUT2D eigenvalue weighted by molar-refractivity contribution is -0.137. The fourth-order valence-corrected chi connectivity index (χ4v) is 2.46. The quantitative estimate of drug-likeness (QED) is 0.255. The van der Waals surface area contributed by atoms with Crippen LogP contribution in [0.3, 0.4) is 0 Å². The van der Waals surface area contributed by atoms with E-state index in [0.29, 0.717) is 6.42 Å². The van der Waals surface area contributed by atoms with Crippen molar-refractivity contribution in [2.45, 2.75) is 96.8 Å². The van der Waals surface area contributed by atoms with Crippen LogP contribution in [0.25, 0.3) is 0 Å². The first-order chi connectivity index (χ1) is 10.8. The maximum absolute atomic E-state index is 10.3. The second-order valence-electron chi connectivity index (χ2n) is 6.11. The van der Waals surface area contributed by atoms with Gasteiger partial charge in [-0.05, 0) is 32.1 Å². The topological polar surface area (TPSA) is 37.3 Å². The van der Waals surface area contributed by atoms with Gasteiger partial charge in [-0.15, -0.1) is 0 Å². The summed E-state index contributed by atoms with van der Waals surface area (Å²) in [5.41, 5.74) is 0. The molecule has 0 radical (unpaired) electrons. The lowest BCUT2D eigenvalue weighted by Crippen LogP contribution is -1.93. The molecule has 0 spiro atoms. The second-order valence-corrected chi connectivity index (χ2v) is 6.11. The van der Waals surface area contributed by atoms with Crippen molar-refractivity contribution in [3.63, 3.8) is 0 Å². The fraction of sp³-hybridized carbons (Fsp3) is 0.750. The molecular formula is C20H36O2. The van der Waals surface area contributed by atoms with E-state index in [9.17, 15) is 4.79 Å². The molecule has 128 valence electrons. The lowest BCUT2D eigenvalue weighted by Gasteiger charge is -2.00. The van der Waals surface area contributed by atoms with Gasteiger partial charge in [0.2, 0.25) is 0 Å². The summed E-state index contributed by atoms with van der Waals surface area (Å²) < 4.78 is 0. The Bertz CT molecular complexity index is 292. The summed E-state index contributed by atoms with van der Waals surface area (Å²) >= 11 is 0. The summed E-state index contributed by atoms with van der Waals surface area (Å²) in [6.07, 6.45) is 25.2. The predicted molar refractivity (Wildman–Crippen MR) is 96.2 cm³/mol. The Morgan fingerprint density at radius 1 is 0.727 bits per heavy atom. The Kier molecular flexibility index (Phi) is 17.1. The minimum atomic E-state index is -0.665. The van der Waals surface area contributed by atoms with Crippen LogP contribution in [0.15, 0.2) is 24.3 Å². The van der Waals surface area contributed by atoms with Crippen LogP contribution in [0.2, 0.25) is 0 Å².